The van der Waals surface area contributed by atoms with Crippen molar-refractivity contribution in [2.45, 2.75) is 40.1 Å². The molecular weight excluding hydrogens is 388 g/mol. The highest BCUT2D eigenvalue weighted by molar-refractivity contribution is 8.02. The molecular formula is C13H16N4O5S3. The molecule has 1 aromatic rings. The molecule has 2 fully saturated rings. The van der Waals surface area contributed by atoms with E-state index in [1.165, 1.54) is 35.1 Å². The predicted molar refractivity (Wildman–Crippen MR) is 92.2 cm³/mol. The Morgan fingerprint density at radius 2 is 2.24 bits per heavy atom. The molecule has 2 saturated heterocycles. The lowest BCUT2D eigenvalue weighted by Gasteiger charge is -2.49. The number of aromatic nitrogens is 2. The maximum Gasteiger partial charge on any atom is 0.352 e. The van der Waals surface area contributed by atoms with Gasteiger partial charge in [0.25, 0.3) is 5.91 Å². The average Bonchev–Trinajstić information content (AvgIpc) is 3.10. The van der Waals surface area contributed by atoms with E-state index in [-0.39, 0.29) is 5.75 Å². The van der Waals surface area contributed by atoms with E-state index in [1.807, 2.05) is 0 Å². The first kappa shape index (κ1) is 18.4. The van der Waals surface area contributed by atoms with E-state index in [2.05, 4.69) is 15.5 Å². The summed E-state index contributed by atoms with van der Waals surface area (Å²) < 4.78 is 4.82. The lowest BCUT2D eigenvalue weighted by Crippen LogP contribution is -2.78. The molecule has 25 heavy (non-hydrogen) atoms. The van der Waals surface area contributed by atoms with Gasteiger partial charge in [0.15, 0.2) is 10.4 Å². The number of hydrogen-bond donors (Lipinski definition) is 2. The van der Waals surface area contributed by atoms with Gasteiger partial charge >= 0.3 is 5.97 Å². The van der Waals surface area contributed by atoms with Crippen LogP contribution in [0.15, 0.2) is 9.85 Å². The molecule has 2 amide bonds. The maximum absolute atomic E-state index is 12.4. The molecule has 12 heteroatoms. The van der Waals surface area contributed by atoms with Crippen LogP contribution in [0.25, 0.3) is 0 Å². The number of nitrogens with zero attached hydrogens (tertiary/aromatic N) is 3. The molecule has 136 valence electrons. The van der Waals surface area contributed by atoms with E-state index in [9.17, 15) is 19.5 Å². The second-order valence-corrected chi connectivity index (χ2v) is 9.74. The summed E-state index contributed by atoms with van der Waals surface area (Å²) in [6, 6.07) is 0. The zero-order chi connectivity index (χ0) is 18.4. The zero-order valence-corrected chi connectivity index (χ0v) is 16.0. The third-order valence-electron chi connectivity index (χ3n) is 4.19. The Kier molecular flexibility index (Phi) is 4.73. The van der Waals surface area contributed by atoms with E-state index < -0.39 is 39.7 Å². The van der Waals surface area contributed by atoms with Gasteiger partial charge in [-0.25, -0.2) is 4.79 Å². The normalized spacial score (nSPS) is 29.9. The number of carbonyl (C=O) groups is 3. The van der Waals surface area contributed by atoms with Crippen LogP contribution in [-0.2, 0) is 19.1 Å². The van der Waals surface area contributed by atoms with Crippen molar-refractivity contribution in [3.05, 3.63) is 5.51 Å². The summed E-state index contributed by atoms with van der Waals surface area (Å²) in [6.45, 7) is 3.39. The smallest absolute Gasteiger partial charge is 0.352 e. The number of carboxylic acid groups (broad SMARTS) is 1. The van der Waals surface area contributed by atoms with Crippen LogP contribution in [0.1, 0.15) is 13.8 Å². The van der Waals surface area contributed by atoms with E-state index in [4.69, 9.17) is 4.74 Å². The van der Waals surface area contributed by atoms with E-state index >= 15 is 0 Å². The fourth-order valence-electron chi connectivity index (χ4n) is 3.02. The summed E-state index contributed by atoms with van der Waals surface area (Å²) in [5.74, 6) is -2.23. The molecule has 0 spiro atoms. The molecule has 0 aromatic carbocycles. The Balaban J connectivity index is 1.82. The quantitative estimate of drug-likeness (QED) is 0.507. The Hall–Kier alpha value is -1.37. The number of hydrogen-bond acceptors (Lipinski definition) is 9. The fourth-order valence-corrected chi connectivity index (χ4v) is 6.04. The lowest BCUT2D eigenvalue weighted by atomic mass is 9.89. The first-order valence-electron chi connectivity index (χ1n) is 7.22. The van der Waals surface area contributed by atoms with Crippen molar-refractivity contribution in [1.82, 2.24) is 20.4 Å². The Labute approximate surface area is 155 Å². The molecule has 2 aliphatic rings. The van der Waals surface area contributed by atoms with Crippen molar-refractivity contribution in [3.8, 4) is 0 Å². The molecule has 0 bridgehead atoms. The van der Waals surface area contributed by atoms with Gasteiger partial charge < -0.3 is 15.2 Å². The van der Waals surface area contributed by atoms with Crippen molar-refractivity contribution < 1.29 is 24.2 Å². The number of ether oxygens (including phenoxy) is 1. The van der Waals surface area contributed by atoms with Gasteiger partial charge in [-0.15, -0.1) is 22.0 Å². The number of carbonyl (C=O) groups excluding carboxylic acids is 2. The van der Waals surface area contributed by atoms with Crippen molar-refractivity contribution >= 4 is 52.6 Å². The predicted octanol–water partition coefficient (Wildman–Crippen LogP) is 0.236. The van der Waals surface area contributed by atoms with Gasteiger partial charge in [-0.2, -0.15) is 0 Å². The minimum Gasteiger partial charge on any atom is -0.478 e. The van der Waals surface area contributed by atoms with E-state index in [0.29, 0.717) is 4.34 Å². The number of β-lactam (4-membered cyclic amide) rings is 1. The molecule has 2 aliphatic heterocycles. The number of rotatable bonds is 6. The van der Waals surface area contributed by atoms with Crippen molar-refractivity contribution in [2.75, 3.05) is 12.9 Å². The molecule has 3 atom stereocenters. The SMILES string of the molecule is CO[C@@H]1C(=O)N2[C@@H]1SC(C)(C)[C@]2(NC(=O)CSc1nncs1)C(=O)O. The number of aliphatic carboxylic acids is 1. The number of thioether (sulfide) groups is 2. The summed E-state index contributed by atoms with van der Waals surface area (Å²) in [5.41, 5.74) is -0.281. The first-order chi connectivity index (χ1) is 11.7. The minimum atomic E-state index is -1.83. The van der Waals surface area contributed by atoms with Gasteiger partial charge in [-0.3, -0.25) is 14.5 Å². The molecule has 1 aromatic heterocycles. The van der Waals surface area contributed by atoms with Crippen LogP contribution in [-0.4, -0.2) is 72.7 Å². The molecule has 0 aliphatic carbocycles. The van der Waals surface area contributed by atoms with Crippen LogP contribution in [0.3, 0.4) is 0 Å². The second kappa shape index (κ2) is 6.41. The van der Waals surface area contributed by atoms with Gasteiger partial charge in [0.05, 0.1) is 10.5 Å². The molecule has 2 N–H and O–H groups in total. The Morgan fingerprint density at radius 1 is 1.52 bits per heavy atom. The third-order valence-corrected chi connectivity index (χ3v) is 7.64. The van der Waals surface area contributed by atoms with Crippen LogP contribution in [0, 0.1) is 0 Å². The minimum absolute atomic E-state index is 0.0224. The summed E-state index contributed by atoms with van der Waals surface area (Å²) in [6.07, 6.45) is -0.696. The fraction of sp³-hybridized carbons (Fsp3) is 0.615. The van der Waals surface area contributed by atoms with Crippen LogP contribution in [0.5, 0.6) is 0 Å². The zero-order valence-electron chi connectivity index (χ0n) is 13.6. The van der Waals surface area contributed by atoms with Crippen LogP contribution in [0.2, 0.25) is 0 Å². The lowest BCUT2D eigenvalue weighted by molar-refractivity contribution is -0.187. The summed E-state index contributed by atoms with van der Waals surface area (Å²) in [7, 11) is 1.41. The summed E-state index contributed by atoms with van der Waals surface area (Å²) in [4.78, 5) is 38.1. The summed E-state index contributed by atoms with van der Waals surface area (Å²) >= 11 is 3.75. The third kappa shape index (κ3) is 2.71. The van der Waals surface area contributed by atoms with Crippen LogP contribution < -0.4 is 5.32 Å². The molecule has 9 nitrogen and oxygen atoms in total. The maximum atomic E-state index is 12.4. The molecule has 0 saturated carbocycles. The van der Waals surface area contributed by atoms with Crippen molar-refractivity contribution in [2.24, 2.45) is 0 Å². The molecule has 3 rings (SSSR count). The number of fused-ring (bicyclic) bond motifs is 1. The number of nitrogens with one attached hydrogen (secondary N) is 1. The number of carboxylic acids is 1. The van der Waals surface area contributed by atoms with Gasteiger partial charge in [0.1, 0.15) is 10.9 Å². The van der Waals surface area contributed by atoms with Gasteiger partial charge in [0.2, 0.25) is 11.6 Å². The standard InChI is InChI=1S/C13H16N4O5S3/c1-12(2)13(10(20)21,17-8(19)7(22-3)9(17)25-12)15-6(18)4-23-11-16-14-5-24-11/h5,7,9H,4H2,1-3H3,(H,15,18)(H,20,21)/t7-,9-,13+/m1/s1. The van der Waals surface area contributed by atoms with E-state index in [0.717, 1.165) is 11.8 Å². The summed E-state index contributed by atoms with van der Waals surface area (Å²) in [5, 5.41) is 19.5. The number of amides is 2. The Bertz CT molecular complexity index is 713. The van der Waals surface area contributed by atoms with Gasteiger partial charge in [-0.05, 0) is 13.8 Å². The van der Waals surface area contributed by atoms with Crippen molar-refractivity contribution in [3.63, 3.8) is 0 Å². The first-order valence-corrected chi connectivity index (χ1v) is 9.96. The van der Waals surface area contributed by atoms with Crippen molar-refractivity contribution in [1.29, 1.82) is 0 Å². The highest BCUT2D eigenvalue weighted by atomic mass is 32.2. The van der Waals surface area contributed by atoms with E-state index in [1.54, 1.807) is 19.4 Å². The number of methoxy groups -OCH3 is 1. The molecule has 3 heterocycles. The largest absolute Gasteiger partial charge is 0.478 e. The monoisotopic (exact) mass is 404 g/mol. The van der Waals surface area contributed by atoms with Gasteiger partial charge in [-0.1, -0.05) is 23.1 Å². The molecule has 0 radical (unpaired) electrons. The van der Waals surface area contributed by atoms with Crippen LogP contribution >= 0.6 is 34.9 Å². The van der Waals surface area contributed by atoms with Crippen LogP contribution in [0.4, 0.5) is 0 Å². The highest BCUT2D eigenvalue weighted by Crippen LogP contribution is 2.56. The molecule has 0 unspecified atom stereocenters. The van der Waals surface area contributed by atoms with Gasteiger partial charge in [0, 0.05) is 7.11 Å². The average molecular weight is 404 g/mol. The highest BCUT2D eigenvalue weighted by Gasteiger charge is 2.74. The second-order valence-electron chi connectivity index (χ2n) is 5.94. The Morgan fingerprint density at radius 3 is 2.80 bits per heavy atom. The topological polar surface area (TPSA) is 122 Å².